The number of benzene rings is 1. The minimum atomic E-state index is -0.410. The van der Waals surface area contributed by atoms with Crippen LogP contribution < -0.4 is 5.73 Å². The Morgan fingerprint density at radius 1 is 1.04 bits per heavy atom. The van der Waals surface area contributed by atoms with Gasteiger partial charge in [-0.2, -0.15) is 0 Å². The maximum Gasteiger partial charge on any atom is 0.239 e. The van der Waals surface area contributed by atoms with Gasteiger partial charge in [0, 0.05) is 13.1 Å². The number of hydrogen-bond donors (Lipinski definition) is 1. The van der Waals surface area contributed by atoms with Crippen LogP contribution in [0.4, 0.5) is 0 Å². The first-order valence-corrected chi connectivity index (χ1v) is 9.40. The topological polar surface area (TPSA) is 49.6 Å². The van der Waals surface area contributed by atoms with Crippen molar-refractivity contribution in [2.24, 2.45) is 17.6 Å². The predicted molar refractivity (Wildman–Crippen MR) is 105 cm³/mol. The van der Waals surface area contributed by atoms with Crippen molar-refractivity contribution < 1.29 is 4.79 Å². The summed E-state index contributed by atoms with van der Waals surface area (Å²) in [6.45, 7) is 4.23. The van der Waals surface area contributed by atoms with Gasteiger partial charge in [-0.15, -0.1) is 12.4 Å². The predicted octanol–water partition coefficient (Wildman–Crippen LogP) is 2.56. The molecule has 0 radical (unpaired) electrons. The monoisotopic (exact) mass is 365 g/mol. The zero-order valence-corrected chi connectivity index (χ0v) is 16.1. The fourth-order valence-electron chi connectivity index (χ4n) is 4.28. The molecule has 0 spiro atoms. The van der Waals surface area contributed by atoms with Crippen LogP contribution in [-0.4, -0.2) is 55.0 Å². The first kappa shape index (κ1) is 20.2. The summed E-state index contributed by atoms with van der Waals surface area (Å²) in [6, 6.07) is 9.66. The minimum Gasteiger partial charge on any atom is -0.341 e. The Kier molecular flexibility index (Phi) is 7.73. The number of carbonyl (C=O) groups excluding carboxylic acids is 1. The van der Waals surface area contributed by atoms with Crippen LogP contribution in [0.25, 0.3) is 0 Å². The third kappa shape index (κ3) is 5.44. The Balaban J connectivity index is 0.00000225. The third-order valence-electron chi connectivity index (χ3n) is 5.90. The Labute approximate surface area is 158 Å². The van der Waals surface area contributed by atoms with Gasteiger partial charge in [-0.3, -0.25) is 4.79 Å². The second-order valence-electron chi connectivity index (χ2n) is 7.60. The summed E-state index contributed by atoms with van der Waals surface area (Å²) in [5.41, 5.74) is 7.31. The number of carbonyl (C=O) groups is 1. The number of amides is 1. The summed E-state index contributed by atoms with van der Waals surface area (Å²) in [6.07, 6.45) is 5.58. The minimum absolute atomic E-state index is 0. The second-order valence-corrected chi connectivity index (χ2v) is 7.60. The summed E-state index contributed by atoms with van der Waals surface area (Å²) in [5, 5.41) is 0. The normalized spacial score (nSPS) is 21.6. The maximum atomic E-state index is 12.6. The smallest absolute Gasteiger partial charge is 0.239 e. The lowest BCUT2D eigenvalue weighted by Gasteiger charge is -2.40. The summed E-state index contributed by atoms with van der Waals surface area (Å²) < 4.78 is 0. The zero-order valence-electron chi connectivity index (χ0n) is 15.3. The zero-order chi connectivity index (χ0) is 16.9. The lowest BCUT2D eigenvalue weighted by atomic mass is 9.79. The molecule has 140 valence electrons. The summed E-state index contributed by atoms with van der Waals surface area (Å²) in [5.74, 6) is 1.78. The number of rotatable bonds is 4. The third-order valence-corrected chi connectivity index (χ3v) is 5.90. The van der Waals surface area contributed by atoms with E-state index >= 15 is 0 Å². The Hall–Kier alpha value is -1.10. The van der Waals surface area contributed by atoms with Crippen molar-refractivity contribution in [3.8, 4) is 0 Å². The number of nitrogens with zero attached hydrogens (tertiary/aromatic N) is 2. The van der Waals surface area contributed by atoms with E-state index < -0.39 is 6.04 Å². The molecule has 5 heteroatoms. The van der Waals surface area contributed by atoms with Gasteiger partial charge in [-0.05, 0) is 69.6 Å². The van der Waals surface area contributed by atoms with E-state index in [1.807, 2.05) is 35.2 Å². The van der Waals surface area contributed by atoms with E-state index in [9.17, 15) is 4.79 Å². The van der Waals surface area contributed by atoms with Crippen LogP contribution in [0.3, 0.4) is 0 Å². The van der Waals surface area contributed by atoms with Gasteiger partial charge in [0.25, 0.3) is 0 Å². The molecule has 0 aliphatic carbocycles. The highest BCUT2D eigenvalue weighted by molar-refractivity contribution is 5.85. The molecule has 2 saturated heterocycles. The summed E-state index contributed by atoms with van der Waals surface area (Å²) in [4.78, 5) is 17.1. The average Bonchev–Trinajstić information content (AvgIpc) is 2.63. The van der Waals surface area contributed by atoms with Crippen LogP contribution in [0, 0.1) is 11.8 Å². The standard InChI is InChI=1S/C20H31N3O.ClH/c1-22-11-7-17(8-12-22)18-9-13-23(14-10-18)20(24)19(21)15-16-5-3-2-4-6-16;/h2-6,17-19H,7-15,21H2,1H3;1H/t19-;/m1./s1. The highest BCUT2D eigenvalue weighted by atomic mass is 35.5. The van der Waals surface area contributed by atoms with Crippen LogP contribution in [0.2, 0.25) is 0 Å². The van der Waals surface area contributed by atoms with E-state index in [4.69, 9.17) is 5.73 Å². The lowest BCUT2D eigenvalue weighted by molar-refractivity contribution is -0.134. The van der Waals surface area contributed by atoms with Gasteiger partial charge in [-0.1, -0.05) is 30.3 Å². The van der Waals surface area contributed by atoms with Crippen LogP contribution in [0.5, 0.6) is 0 Å². The highest BCUT2D eigenvalue weighted by Crippen LogP contribution is 2.32. The molecule has 2 fully saturated rings. The first-order chi connectivity index (χ1) is 11.6. The molecule has 3 rings (SSSR count). The Morgan fingerprint density at radius 3 is 2.12 bits per heavy atom. The van der Waals surface area contributed by atoms with Crippen molar-refractivity contribution in [1.29, 1.82) is 0 Å². The van der Waals surface area contributed by atoms with Gasteiger partial charge < -0.3 is 15.5 Å². The van der Waals surface area contributed by atoms with E-state index in [-0.39, 0.29) is 18.3 Å². The molecular formula is C20H32ClN3O. The molecule has 2 heterocycles. The quantitative estimate of drug-likeness (QED) is 0.892. The molecule has 1 amide bonds. The molecule has 1 atom stereocenters. The summed E-state index contributed by atoms with van der Waals surface area (Å²) in [7, 11) is 2.21. The molecule has 1 aromatic carbocycles. The molecule has 1 aromatic rings. The van der Waals surface area contributed by atoms with Crippen molar-refractivity contribution in [2.45, 2.75) is 38.1 Å². The number of nitrogens with two attached hydrogens (primary N) is 1. The lowest BCUT2D eigenvalue weighted by Crippen LogP contribution is -2.49. The van der Waals surface area contributed by atoms with Gasteiger partial charge in [0.05, 0.1) is 6.04 Å². The van der Waals surface area contributed by atoms with Crippen LogP contribution in [0.15, 0.2) is 30.3 Å². The number of likely N-dealkylation sites (tertiary alicyclic amines) is 2. The van der Waals surface area contributed by atoms with Crippen LogP contribution in [0.1, 0.15) is 31.2 Å². The van der Waals surface area contributed by atoms with E-state index in [1.165, 1.54) is 25.9 Å². The second kappa shape index (κ2) is 9.56. The molecule has 0 bridgehead atoms. The molecular weight excluding hydrogens is 334 g/mol. The SMILES string of the molecule is CN1CCC(C2CCN(C(=O)[C@H](N)Cc3ccccc3)CC2)CC1.Cl. The van der Waals surface area contributed by atoms with E-state index in [2.05, 4.69) is 11.9 Å². The fraction of sp³-hybridized carbons (Fsp3) is 0.650. The Bertz CT molecular complexity index is 523. The molecule has 2 aliphatic rings. The highest BCUT2D eigenvalue weighted by Gasteiger charge is 2.31. The molecule has 0 saturated carbocycles. The van der Waals surface area contributed by atoms with E-state index in [1.54, 1.807) is 0 Å². The molecule has 2 N–H and O–H groups in total. The molecule has 0 unspecified atom stereocenters. The Morgan fingerprint density at radius 2 is 1.56 bits per heavy atom. The average molecular weight is 366 g/mol. The largest absolute Gasteiger partial charge is 0.341 e. The van der Waals surface area contributed by atoms with Crippen molar-refractivity contribution in [3.63, 3.8) is 0 Å². The molecule has 4 nitrogen and oxygen atoms in total. The van der Waals surface area contributed by atoms with Gasteiger partial charge >= 0.3 is 0 Å². The van der Waals surface area contributed by atoms with Gasteiger partial charge in [0.15, 0.2) is 0 Å². The number of hydrogen-bond acceptors (Lipinski definition) is 3. The van der Waals surface area contributed by atoms with Gasteiger partial charge in [-0.25, -0.2) is 0 Å². The molecule has 2 aliphatic heterocycles. The van der Waals surface area contributed by atoms with Crippen molar-refractivity contribution in [3.05, 3.63) is 35.9 Å². The molecule has 25 heavy (non-hydrogen) atoms. The fourth-order valence-corrected chi connectivity index (χ4v) is 4.28. The number of halogens is 1. The maximum absolute atomic E-state index is 12.6. The van der Waals surface area contributed by atoms with Crippen LogP contribution in [-0.2, 0) is 11.2 Å². The van der Waals surface area contributed by atoms with Crippen LogP contribution >= 0.6 is 12.4 Å². The van der Waals surface area contributed by atoms with Crippen molar-refractivity contribution in [2.75, 3.05) is 33.2 Å². The van der Waals surface area contributed by atoms with Crippen molar-refractivity contribution >= 4 is 18.3 Å². The summed E-state index contributed by atoms with van der Waals surface area (Å²) >= 11 is 0. The molecule has 0 aromatic heterocycles. The van der Waals surface area contributed by atoms with Crippen molar-refractivity contribution in [1.82, 2.24) is 9.80 Å². The van der Waals surface area contributed by atoms with E-state index in [0.29, 0.717) is 6.42 Å². The van der Waals surface area contributed by atoms with Gasteiger partial charge in [0.1, 0.15) is 0 Å². The van der Waals surface area contributed by atoms with Gasteiger partial charge in [0.2, 0.25) is 5.91 Å². The first-order valence-electron chi connectivity index (χ1n) is 9.40. The number of piperidine rings is 2. The van der Waals surface area contributed by atoms with E-state index in [0.717, 1.165) is 43.3 Å².